The predicted molar refractivity (Wildman–Crippen MR) is 114 cm³/mol. The molecule has 6 nitrogen and oxygen atoms in total. The third-order valence-electron chi connectivity index (χ3n) is 4.89. The zero-order valence-electron chi connectivity index (χ0n) is 16.2. The number of fused-ring (bicyclic) bond motifs is 1. The molecule has 0 saturated heterocycles. The molecule has 31 heavy (non-hydrogen) atoms. The Balaban J connectivity index is 1.72. The van der Waals surface area contributed by atoms with E-state index in [1.807, 2.05) is 4.57 Å². The van der Waals surface area contributed by atoms with E-state index < -0.39 is 11.9 Å². The number of nitrogens with zero attached hydrogens (tertiary/aromatic N) is 2. The van der Waals surface area contributed by atoms with Gasteiger partial charge in [-0.15, -0.1) is 0 Å². The van der Waals surface area contributed by atoms with Crippen LogP contribution in [0.25, 0.3) is 10.9 Å². The number of carboxylic acid groups (broad SMARTS) is 1. The molecular weight excluding hydrogens is 397 g/mol. The number of benzene rings is 3. The maximum absolute atomic E-state index is 13.2. The normalized spacial score (nSPS) is 10.6. The van der Waals surface area contributed by atoms with Crippen LogP contribution in [-0.4, -0.2) is 21.6 Å². The van der Waals surface area contributed by atoms with Crippen LogP contribution in [-0.2, 0) is 6.54 Å². The lowest BCUT2D eigenvalue weighted by molar-refractivity contribution is 0.0696. The Hall–Kier alpha value is -4.44. The molecular formula is C24H16FN3O3. The topological polar surface area (TPSA) is 95.1 Å². The number of halogens is 1. The molecule has 0 radical (unpaired) electrons. The average Bonchev–Trinajstić information content (AvgIpc) is 3.13. The molecule has 1 heterocycles. The first-order valence-electron chi connectivity index (χ1n) is 9.37. The van der Waals surface area contributed by atoms with Gasteiger partial charge < -0.3 is 15.0 Å². The van der Waals surface area contributed by atoms with Crippen molar-refractivity contribution in [3.63, 3.8) is 0 Å². The van der Waals surface area contributed by atoms with Gasteiger partial charge in [-0.3, -0.25) is 4.79 Å². The lowest BCUT2D eigenvalue weighted by Gasteiger charge is -2.06. The number of hydrogen-bond acceptors (Lipinski definition) is 3. The van der Waals surface area contributed by atoms with Crippen molar-refractivity contribution in [3.8, 4) is 6.07 Å². The molecule has 0 aliphatic heterocycles. The second-order valence-electron chi connectivity index (χ2n) is 6.98. The molecule has 0 fully saturated rings. The molecule has 3 aromatic carbocycles. The minimum absolute atomic E-state index is 0.0650. The molecule has 0 spiro atoms. The van der Waals surface area contributed by atoms with E-state index in [1.165, 1.54) is 24.3 Å². The maximum Gasteiger partial charge on any atom is 0.335 e. The standard InChI is InChI=1S/C24H16FN3O3/c25-18-7-4-15(5-8-18)13-28-14-21(20-9-6-16(12-26)10-22(20)28)23(29)27-19-3-1-2-17(11-19)24(30)31/h1-11,14H,13H2,(H,27,29)(H,30,31). The number of carbonyl (C=O) groups is 2. The predicted octanol–water partition coefficient (Wildman–Crippen LogP) is 4.65. The highest BCUT2D eigenvalue weighted by molar-refractivity contribution is 6.13. The van der Waals surface area contributed by atoms with E-state index in [1.54, 1.807) is 48.7 Å². The Morgan fingerprint density at radius 1 is 1.06 bits per heavy atom. The van der Waals surface area contributed by atoms with Gasteiger partial charge in [-0.2, -0.15) is 5.26 Å². The number of amides is 1. The van der Waals surface area contributed by atoms with Crippen LogP contribution in [0.2, 0.25) is 0 Å². The van der Waals surface area contributed by atoms with E-state index in [0.717, 1.165) is 5.56 Å². The smallest absolute Gasteiger partial charge is 0.335 e. The molecule has 7 heteroatoms. The lowest BCUT2D eigenvalue weighted by atomic mass is 10.1. The third kappa shape index (κ3) is 4.14. The fourth-order valence-corrected chi connectivity index (χ4v) is 3.39. The number of anilines is 1. The Labute approximate surface area is 176 Å². The van der Waals surface area contributed by atoms with E-state index in [-0.39, 0.29) is 11.4 Å². The van der Waals surface area contributed by atoms with Gasteiger partial charge in [0.15, 0.2) is 0 Å². The molecule has 4 rings (SSSR count). The first-order chi connectivity index (χ1) is 14.9. The fraction of sp³-hybridized carbons (Fsp3) is 0.0417. The monoisotopic (exact) mass is 413 g/mol. The third-order valence-corrected chi connectivity index (χ3v) is 4.89. The summed E-state index contributed by atoms with van der Waals surface area (Å²) in [6.07, 6.45) is 1.67. The van der Waals surface area contributed by atoms with Crippen molar-refractivity contribution >= 4 is 28.5 Å². The number of carboxylic acids is 1. The molecule has 0 unspecified atom stereocenters. The summed E-state index contributed by atoms with van der Waals surface area (Å²) >= 11 is 0. The van der Waals surface area contributed by atoms with Gasteiger partial charge >= 0.3 is 5.97 Å². The van der Waals surface area contributed by atoms with Crippen molar-refractivity contribution in [3.05, 3.63) is 101 Å². The Kier molecular flexibility index (Phi) is 5.21. The molecule has 1 aromatic heterocycles. The molecule has 0 aliphatic carbocycles. The van der Waals surface area contributed by atoms with Crippen LogP contribution in [0.4, 0.5) is 10.1 Å². The first-order valence-corrected chi connectivity index (χ1v) is 9.37. The number of hydrogen-bond donors (Lipinski definition) is 2. The molecule has 4 aromatic rings. The van der Waals surface area contributed by atoms with E-state index in [2.05, 4.69) is 11.4 Å². The minimum Gasteiger partial charge on any atom is -0.478 e. The molecule has 0 aliphatic rings. The summed E-state index contributed by atoms with van der Waals surface area (Å²) in [5.74, 6) is -1.83. The van der Waals surface area contributed by atoms with E-state index in [9.17, 15) is 19.2 Å². The van der Waals surface area contributed by atoms with Crippen LogP contribution < -0.4 is 5.32 Å². The number of aromatic nitrogens is 1. The van der Waals surface area contributed by atoms with Crippen molar-refractivity contribution in [2.75, 3.05) is 5.32 Å². The van der Waals surface area contributed by atoms with Crippen LogP contribution in [0.5, 0.6) is 0 Å². The fourth-order valence-electron chi connectivity index (χ4n) is 3.39. The van der Waals surface area contributed by atoms with Gasteiger partial charge in [-0.05, 0) is 48.0 Å². The van der Waals surface area contributed by atoms with Crippen molar-refractivity contribution in [2.24, 2.45) is 0 Å². The second kappa shape index (κ2) is 8.13. The highest BCUT2D eigenvalue weighted by Gasteiger charge is 2.17. The van der Waals surface area contributed by atoms with Crippen molar-refractivity contribution in [1.29, 1.82) is 5.26 Å². The zero-order valence-corrected chi connectivity index (χ0v) is 16.2. The Morgan fingerprint density at radius 2 is 1.84 bits per heavy atom. The van der Waals surface area contributed by atoms with Gasteiger partial charge in [0.1, 0.15) is 5.82 Å². The van der Waals surface area contributed by atoms with Crippen molar-refractivity contribution in [1.82, 2.24) is 4.57 Å². The Bertz CT molecular complexity index is 1350. The summed E-state index contributed by atoms with van der Waals surface area (Å²) in [5, 5.41) is 21.8. The first kappa shape index (κ1) is 19.9. The highest BCUT2D eigenvalue weighted by Crippen LogP contribution is 2.25. The number of nitrogens with one attached hydrogen (secondary N) is 1. The number of rotatable bonds is 5. The quantitative estimate of drug-likeness (QED) is 0.498. The number of carbonyl (C=O) groups excluding carboxylic acids is 1. The SMILES string of the molecule is N#Cc1ccc2c(C(=O)Nc3cccc(C(=O)O)c3)cn(Cc3ccc(F)cc3)c2c1. The van der Waals surface area contributed by atoms with E-state index >= 15 is 0 Å². The number of nitriles is 1. The second-order valence-corrected chi connectivity index (χ2v) is 6.98. The molecule has 0 atom stereocenters. The summed E-state index contributed by atoms with van der Waals surface area (Å²) in [4.78, 5) is 24.2. The minimum atomic E-state index is -1.09. The van der Waals surface area contributed by atoms with Gasteiger partial charge in [0.2, 0.25) is 0 Å². The van der Waals surface area contributed by atoms with Gasteiger partial charge in [0, 0.05) is 23.8 Å². The van der Waals surface area contributed by atoms with Crippen molar-refractivity contribution in [2.45, 2.75) is 6.54 Å². The van der Waals surface area contributed by atoms with E-state index in [0.29, 0.717) is 34.3 Å². The highest BCUT2D eigenvalue weighted by atomic mass is 19.1. The van der Waals surface area contributed by atoms with Crippen LogP contribution in [0.3, 0.4) is 0 Å². The molecule has 0 saturated carbocycles. The van der Waals surface area contributed by atoms with Crippen LogP contribution in [0, 0.1) is 17.1 Å². The van der Waals surface area contributed by atoms with Gasteiger partial charge in [-0.1, -0.05) is 24.3 Å². The lowest BCUT2D eigenvalue weighted by Crippen LogP contribution is -2.12. The Morgan fingerprint density at radius 3 is 2.55 bits per heavy atom. The molecule has 1 amide bonds. The largest absolute Gasteiger partial charge is 0.478 e. The van der Waals surface area contributed by atoms with Gasteiger partial charge in [0.25, 0.3) is 5.91 Å². The summed E-state index contributed by atoms with van der Waals surface area (Å²) in [7, 11) is 0. The summed E-state index contributed by atoms with van der Waals surface area (Å²) in [6, 6.07) is 19.2. The van der Waals surface area contributed by atoms with Gasteiger partial charge in [-0.25, -0.2) is 9.18 Å². The molecule has 0 bridgehead atoms. The van der Waals surface area contributed by atoms with Crippen LogP contribution >= 0.6 is 0 Å². The summed E-state index contributed by atoms with van der Waals surface area (Å²) in [5.41, 5.74) is 2.78. The summed E-state index contributed by atoms with van der Waals surface area (Å²) in [6.45, 7) is 0.382. The molecule has 2 N–H and O–H groups in total. The maximum atomic E-state index is 13.2. The average molecular weight is 413 g/mol. The molecule has 152 valence electrons. The van der Waals surface area contributed by atoms with Crippen LogP contribution in [0.1, 0.15) is 31.8 Å². The summed E-state index contributed by atoms with van der Waals surface area (Å²) < 4.78 is 15.1. The van der Waals surface area contributed by atoms with Crippen molar-refractivity contribution < 1.29 is 19.1 Å². The van der Waals surface area contributed by atoms with Crippen LogP contribution in [0.15, 0.2) is 72.9 Å². The number of aromatic carboxylic acids is 1. The zero-order chi connectivity index (χ0) is 22.0. The van der Waals surface area contributed by atoms with Gasteiger partial charge in [0.05, 0.1) is 28.3 Å². The van der Waals surface area contributed by atoms with E-state index in [4.69, 9.17) is 5.11 Å².